The number of aliphatic carboxylic acids is 1. The molecule has 0 fully saturated rings. The second-order valence-electron chi connectivity index (χ2n) is 3.21. The van der Waals surface area contributed by atoms with Gasteiger partial charge in [-0.15, -0.1) is 11.8 Å². The molecule has 0 amide bonds. The fraction of sp³-hybridized carbons (Fsp3) is 0.364. The van der Waals surface area contributed by atoms with Gasteiger partial charge in [0.15, 0.2) is 0 Å². The monoisotopic (exact) mass is 226 g/mol. The lowest BCUT2D eigenvalue weighted by molar-refractivity contribution is -0.136. The first kappa shape index (κ1) is 11.9. The summed E-state index contributed by atoms with van der Waals surface area (Å²) in [7, 11) is 0. The summed E-state index contributed by atoms with van der Waals surface area (Å²) >= 11 is 1.41. The lowest BCUT2D eigenvalue weighted by Crippen LogP contribution is -2.14. The number of phenolic OH excluding ortho intramolecular Hbond substituents is 1. The van der Waals surface area contributed by atoms with E-state index in [0.29, 0.717) is 12.2 Å². The average molecular weight is 226 g/mol. The third kappa shape index (κ3) is 3.83. The van der Waals surface area contributed by atoms with E-state index in [1.807, 2.05) is 6.92 Å². The van der Waals surface area contributed by atoms with Crippen molar-refractivity contribution in [3.63, 3.8) is 0 Å². The van der Waals surface area contributed by atoms with Gasteiger partial charge in [-0.3, -0.25) is 4.79 Å². The topological polar surface area (TPSA) is 57.5 Å². The van der Waals surface area contributed by atoms with Crippen LogP contribution in [0, 0.1) is 0 Å². The van der Waals surface area contributed by atoms with E-state index >= 15 is 0 Å². The van der Waals surface area contributed by atoms with Gasteiger partial charge >= 0.3 is 5.97 Å². The van der Waals surface area contributed by atoms with Gasteiger partial charge in [-0.1, -0.05) is 19.1 Å². The molecule has 1 unspecified atom stereocenters. The van der Waals surface area contributed by atoms with E-state index in [0.717, 1.165) is 5.56 Å². The van der Waals surface area contributed by atoms with Crippen LogP contribution in [-0.2, 0) is 10.5 Å². The van der Waals surface area contributed by atoms with Crippen LogP contribution >= 0.6 is 11.8 Å². The second kappa shape index (κ2) is 5.66. The number of phenols is 1. The molecule has 0 heterocycles. The largest absolute Gasteiger partial charge is 0.508 e. The number of aromatic hydroxyl groups is 1. The van der Waals surface area contributed by atoms with Gasteiger partial charge in [-0.25, -0.2) is 0 Å². The van der Waals surface area contributed by atoms with Crippen LogP contribution in [0.3, 0.4) is 0 Å². The first-order valence-electron chi connectivity index (χ1n) is 4.75. The summed E-state index contributed by atoms with van der Waals surface area (Å²) in [6.07, 6.45) is 0.623. The molecular formula is C11H14O3S. The molecule has 1 aromatic carbocycles. The molecule has 0 bridgehead atoms. The standard InChI is InChI=1S/C11H14O3S/c1-2-10(11(13)14)15-7-8-3-5-9(12)6-4-8/h3-6,10,12H,2,7H2,1H3,(H,13,14). The second-order valence-corrected chi connectivity index (χ2v) is 4.40. The summed E-state index contributed by atoms with van der Waals surface area (Å²) in [5.74, 6) is 0.126. The maximum atomic E-state index is 10.7. The summed E-state index contributed by atoms with van der Waals surface area (Å²) in [6.45, 7) is 1.86. The lowest BCUT2D eigenvalue weighted by atomic mass is 10.2. The fourth-order valence-corrected chi connectivity index (χ4v) is 2.12. The van der Waals surface area contributed by atoms with Crippen LogP contribution in [0.2, 0.25) is 0 Å². The summed E-state index contributed by atoms with van der Waals surface area (Å²) in [5, 5.41) is 17.6. The van der Waals surface area contributed by atoms with Crippen molar-refractivity contribution in [3.05, 3.63) is 29.8 Å². The van der Waals surface area contributed by atoms with E-state index in [2.05, 4.69) is 0 Å². The van der Waals surface area contributed by atoms with Crippen LogP contribution in [0.5, 0.6) is 5.75 Å². The maximum Gasteiger partial charge on any atom is 0.316 e. The number of carboxylic acids is 1. The highest BCUT2D eigenvalue weighted by atomic mass is 32.2. The van der Waals surface area contributed by atoms with Crippen molar-refractivity contribution in [2.75, 3.05) is 0 Å². The molecule has 0 aromatic heterocycles. The molecule has 4 heteroatoms. The minimum absolute atomic E-state index is 0.231. The zero-order chi connectivity index (χ0) is 11.3. The van der Waals surface area contributed by atoms with E-state index < -0.39 is 5.97 Å². The van der Waals surface area contributed by atoms with Crippen molar-refractivity contribution in [2.45, 2.75) is 24.3 Å². The number of thioether (sulfide) groups is 1. The quantitative estimate of drug-likeness (QED) is 0.809. The minimum Gasteiger partial charge on any atom is -0.508 e. The van der Waals surface area contributed by atoms with E-state index in [-0.39, 0.29) is 11.0 Å². The number of benzene rings is 1. The lowest BCUT2D eigenvalue weighted by Gasteiger charge is -2.08. The van der Waals surface area contributed by atoms with Crippen molar-refractivity contribution in [1.82, 2.24) is 0 Å². The Labute approximate surface area is 93.1 Å². The Morgan fingerprint density at radius 3 is 2.47 bits per heavy atom. The third-order valence-corrected chi connectivity index (χ3v) is 3.47. The van der Waals surface area contributed by atoms with Gasteiger partial charge < -0.3 is 10.2 Å². The summed E-state index contributed by atoms with van der Waals surface area (Å²) < 4.78 is 0. The van der Waals surface area contributed by atoms with Gasteiger partial charge in [0.05, 0.1) is 0 Å². The van der Waals surface area contributed by atoms with Crippen LogP contribution in [0.4, 0.5) is 0 Å². The zero-order valence-corrected chi connectivity index (χ0v) is 9.33. The van der Waals surface area contributed by atoms with E-state index in [1.54, 1.807) is 24.3 Å². The van der Waals surface area contributed by atoms with Crippen LogP contribution in [0.25, 0.3) is 0 Å². The van der Waals surface area contributed by atoms with Gasteiger partial charge in [0.25, 0.3) is 0 Å². The predicted molar refractivity (Wildman–Crippen MR) is 61.1 cm³/mol. The van der Waals surface area contributed by atoms with Gasteiger partial charge in [-0.05, 0) is 24.1 Å². The summed E-state index contributed by atoms with van der Waals surface area (Å²) in [6, 6.07) is 6.82. The Morgan fingerprint density at radius 1 is 1.40 bits per heavy atom. The predicted octanol–water partition coefficient (Wildman–Crippen LogP) is 2.49. The van der Waals surface area contributed by atoms with Gasteiger partial charge in [0.2, 0.25) is 0 Å². The highest BCUT2D eigenvalue weighted by Gasteiger charge is 2.14. The molecule has 0 radical (unpaired) electrons. The van der Waals surface area contributed by atoms with Crippen molar-refractivity contribution in [1.29, 1.82) is 0 Å². The highest BCUT2D eigenvalue weighted by molar-refractivity contribution is 7.99. The third-order valence-electron chi connectivity index (χ3n) is 2.03. The van der Waals surface area contributed by atoms with Crippen LogP contribution in [0.15, 0.2) is 24.3 Å². The van der Waals surface area contributed by atoms with Gasteiger partial charge in [-0.2, -0.15) is 0 Å². The van der Waals surface area contributed by atoms with Crippen LogP contribution in [0.1, 0.15) is 18.9 Å². The molecule has 0 aliphatic heterocycles. The number of rotatable bonds is 5. The molecule has 0 spiro atoms. The molecule has 0 aliphatic carbocycles. The molecule has 0 saturated carbocycles. The van der Waals surface area contributed by atoms with Crippen molar-refractivity contribution in [2.24, 2.45) is 0 Å². The van der Waals surface area contributed by atoms with Crippen molar-refractivity contribution >= 4 is 17.7 Å². The normalized spacial score (nSPS) is 12.3. The van der Waals surface area contributed by atoms with E-state index in [9.17, 15) is 4.79 Å². The van der Waals surface area contributed by atoms with Crippen molar-refractivity contribution < 1.29 is 15.0 Å². The number of hydrogen-bond donors (Lipinski definition) is 2. The summed E-state index contributed by atoms with van der Waals surface area (Å²) in [4.78, 5) is 10.7. The van der Waals surface area contributed by atoms with Crippen LogP contribution in [-0.4, -0.2) is 21.4 Å². The Bertz CT molecular complexity index is 321. The first-order valence-corrected chi connectivity index (χ1v) is 5.80. The SMILES string of the molecule is CCC(SCc1ccc(O)cc1)C(=O)O. The molecule has 0 aliphatic rings. The molecule has 3 nitrogen and oxygen atoms in total. The Balaban J connectivity index is 2.49. The maximum absolute atomic E-state index is 10.7. The number of carbonyl (C=O) groups is 1. The van der Waals surface area contributed by atoms with Gasteiger partial charge in [0.1, 0.15) is 11.0 Å². The summed E-state index contributed by atoms with van der Waals surface area (Å²) in [5.41, 5.74) is 1.03. The first-order chi connectivity index (χ1) is 7.13. The smallest absolute Gasteiger partial charge is 0.316 e. The molecule has 82 valence electrons. The Hall–Kier alpha value is -1.16. The molecule has 0 saturated heterocycles. The Kier molecular flexibility index (Phi) is 4.49. The molecule has 1 rings (SSSR count). The minimum atomic E-state index is -0.763. The molecule has 2 N–H and O–H groups in total. The van der Waals surface area contributed by atoms with Crippen molar-refractivity contribution in [3.8, 4) is 5.75 Å². The van der Waals surface area contributed by atoms with E-state index in [1.165, 1.54) is 11.8 Å². The van der Waals surface area contributed by atoms with E-state index in [4.69, 9.17) is 10.2 Å². The number of carboxylic acid groups (broad SMARTS) is 1. The zero-order valence-electron chi connectivity index (χ0n) is 8.51. The van der Waals surface area contributed by atoms with Gasteiger partial charge in [0, 0.05) is 5.75 Å². The molecule has 1 aromatic rings. The number of hydrogen-bond acceptors (Lipinski definition) is 3. The molecule has 1 atom stereocenters. The Morgan fingerprint density at radius 2 is 2.00 bits per heavy atom. The van der Waals surface area contributed by atoms with Crippen LogP contribution < -0.4 is 0 Å². The molecular weight excluding hydrogens is 212 g/mol. The highest BCUT2D eigenvalue weighted by Crippen LogP contribution is 2.21. The molecule has 15 heavy (non-hydrogen) atoms. The fourth-order valence-electron chi connectivity index (χ4n) is 1.15. The average Bonchev–Trinajstić information content (AvgIpc) is 2.21.